The fourth-order valence-electron chi connectivity index (χ4n) is 2.91. The van der Waals surface area contributed by atoms with Gasteiger partial charge in [0.1, 0.15) is 17.3 Å². The second-order valence-electron chi connectivity index (χ2n) is 6.97. The number of hydrogen-bond acceptors (Lipinski definition) is 5. The third-order valence-corrected chi connectivity index (χ3v) is 4.90. The van der Waals surface area contributed by atoms with Crippen LogP contribution in [-0.4, -0.2) is 25.1 Å². The van der Waals surface area contributed by atoms with Gasteiger partial charge in [-0.15, -0.1) is 0 Å². The summed E-state index contributed by atoms with van der Waals surface area (Å²) in [6.07, 6.45) is 2.46. The monoisotopic (exact) mass is 405 g/mol. The van der Waals surface area contributed by atoms with Gasteiger partial charge in [0.2, 0.25) is 5.91 Å². The Bertz CT molecular complexity index is 885. The largest absolute Gasteiger partial charge is 0.497 e. The van der Waals surface area contributed by atoms with E-state index in [0.717, 1.165) is 24.6 Å². The van der Waals surface area contributed by atoms with E-state index in [2.05, 4.69) is 15.6 Å². The normalized spacial score (nSPS) is 13.7. The average molecular weight is 405 g/mol. The van der Waals surface area contributed by atoms with Crippen LogP contribution in [0.3, 0.4) is 0 Å². The van der Waals surface area contributed by atoms with Gasteiger partial charge in [0, 0.05) is 48.5 Å². The van der Waals surface area contributed by atoms with E-state index in [9.17, 15) is 13.6 Å². The smallest absolute Gasteiger partial charge is 0.276 e. The number of rotatable bonds is 9. The second kappa shape index (κ2) is 8.63. The summed E-state index contributed by atoms with van der Waals surface area (Å²) in [6.45, 7) is 1.67. The number of halogens is 2. The van der Waals surface area contributed by atoms with Crippen LogP contribution in [0.15, 0.2) is 30.5 Å². The van der Waals surface area contributed by atoms with E-state index in [1.54, 1.807) is 25.3 Å². The van der Waals surface area contributed by atoms with Crippen molar-refractivity contribution in [1.82, 2.24) is 4.98 Å². The van der Waals surface area contributed by atoms with Crippen LogP contribution in [0.1, 0.15) is 37.3 Å². The number of methoxy groups -OCH3 is 2. The minimum absolute atomic E-state index is 0.00599. The molecule has 29 heavy (non-hydrogen) atoms. The van der Waals surface area contributed by atoms with Crippen LogP contribution in [0.25, 0.3) is 0 Å². The summed E-state index contributed by atoms with van der Waals surface area (Å²) in [5, 5.41) is 5.75. The number of carbonyl (C=O) groups excluding carboxylic acids is 1. The van der Waals surface area contributed by atoms with E-state index >= 15 is 0 Å². The SMILES string of the molecule is CCC(F)(F)c1cnc(NC(=O)C2CC2)cc1NCc1ccc(OC)cc1OC. The standard InChI is InChI=1S/C21H25F2N3O3/c1-4-21(22,23)16-12-25-19(26-20(27)13-5-6-13)10-17(16)24-11-14-7-8-15(28-2)9-18(14)29-3/h7-10,12-13H,4-6,11H2,1-3H3,(H2,24,25,26,27). The molecule has 8 heteroatoms. The first-order chi connectivity index (χ1) is 13.9. The highest BCUT2D eigenvalue weighted by Crippen LogP contribution is 2.38. The molecule has 2 aromatic rings. The molecule has 1 aromatic carbocycles. The maximum atomic E-state index is 14.4. The van der Waals surface area contributed by atoms with E-state index in [1.165, 1.54) is 20.1 Å². The van der Waals surface area contributed by atoms with Crippen LogP contribution in [0, 0.1) is 5.92 Å². The summed E-state index contributed by atoms with van der Waals surface area (Å²) in [5.74, 6) is -1.71. The lowest BCUT2D eigenvalue weighted by Gasteiger charge is -2.20. The molecule has 0 unspecified atom stereocenters. The van der Waals surface area contributed by atoms with E-state index < -0.39 is 5.92 Å². The van der Waals surface area contributed by atoms with Crippen molar-refractivity contribution < 1.29 is 23.0 Å². The molecule has 0 bridgehead atoms. The van der Waals surface area contributed by atoms with Gasteiger partial charge >= 0.3 is 0 Å². The van der Waals surface area contributed by atoms with E-state index in [0.29, 0.717) is 11.5 Å². The number of amides is 1. The average Bonchev–Trinajstić information content (AvgIpc) is 3.57. The third kappa shape index (κ3) is 4.93. The van der Waals surface area contributed by atoms with Gasteiger partial charge in [-0.05, 0) is 25.0 Å². The number of ether oxygens (including phenoxy) is 2. The molecule has 1 amide bonds. The highest BCUT2D eigenvalue weighted by atomic mass is 19.3. The first-order valence-corrected chi connectivity index (χ1v) is 9.52. The van der Waals surface area contributed by atoms with Crippen molar-refractivity contribution in [3.63, 3.8) is 0 Å². The zero-order valence-electron chi connectivity index (χ0n) is 16.7. The number of nitrogens with zero attached hydrogens (tertiary/aromatic N) is 1. The van der Waals surface area contributed by atoms with Gasteiger partial charge in [0.15, 0.2) is 0 Å². The Labute approximate surface area is 168 Å². The lowest BCUT2D eigenvalue weighted by Crippen LogP contribution is -2.18. The van der Waals surface area contributed by atoms with Crippen LogP contribution in [0.5, 0.6) is 11.5 Å². The zero-order valence-corrected chi connectivity index (χ0v) is 16.7. The molecule has 0 radical (unpaired) electrons. The summed E-state index contributed by atoms with van der Waals surface area (Å²) in [5.41, 5.74) is 0.784. The molecule has 0 atom stereocenters. The summed E-state index contributed by atoms with van der Waals surface area (Å²) in [7, 11) is 3.09. The Hall–Kier alpha value is -2.90. The quantitative estimate of drug-likeness (QED) is 0.640. The molecule has 3 rings (SSSR count). The summed E-state index contributed by atoms with van der Waals surface area (Å²) in [6, 6.07) is 6.76. The lowest BCUT2D eigenvalue weighted by molar-refractivity contribution is -0.117. The van der Waals surface area contributed by atoms with Crippen LogP contribution < -0.4 is 20.1 Å². The van der Waals surface area contributed by atoms with Gasteiger partial charge in [-0.3, -0.25) is 4.79 Å². The number of alkyl halides is 2. The fourth-order valence-corrected chi connectivity index (χ4v) is 2.91. The van der Waals surface area contributed by atoms with Crippen molar-refractivity contribution in [1.29, 1.82) is 0 Å². The number of pyridine rings is 1. The number of benzene rings is 1. The molecule has 1 saturated carbocycles. The topological polar surface area (TPSA) is 72.5 Å². The van der Waals surface area contributed by atoms with Gasteiger partial charge < -0.3 is 20.1 Å². The number of hydrogen-bond donors (Lipinski definition) is 2. The van der Waals surface area contributed by atoms with Crippen LogP contribution in [0.4, 0.5) is 20.3 Å². The Morgan fingerprint density at radius 3 is 2.62 bits per heavy atom. The Morgan fingerprint density at radius 1 is 1.24 bits per heavy atom. The van der Waals surface area contributed by atoms with Gasteiger partial charge in [-0.1, -0.05) is 6.92 Å². The molecule has 1 aliphatic carbocycles. The van der Waals surface area contributed by atoms with Gasteiger partial charge in [0.25, 0.3) is 5.92 Å². The lowest BCUT2D eigenvalue weighted by atomic mass is 10.1. The van der Waals surface area contributed by atoms with Crippen LogP contribution in [0.2, 0.25) is 0 Å². The zero-order chi connectivity index (χ0) is 21.0. The Kier molecular flexibility index (Phi) is 6.20. The van der Waals surface area contributed by atoms with Crippen molar-refractivity contribution in [3.05, 3.63) is 41.6 Å². The molecule has 0 spiro atoms. The number of carbonyl (C=O) groups is 1. The predicted molar refractivity (Wildman–Crippen MR) is 107 cm³/mol. The van der Waals surface area contributed by atoms with E-state index in [1.807, 2.05) is 0 Å². The minimum Gasteiger partial charge on any atom is -0.497 e. The highest BCUT2D eigenvalue weighted by Gasteiger charge is 2.33. The van der Waals surface area contributed by atoms with Crippen molar-refractivity contribution in [3.8, 4) is 11.5 Å². The Morgan fingerprint density at radius 2 is 2.00 bits per heavy atom. The van der Waals surface area contributed by atoms with Crippen molar-refractivity contribution in [2.45, 2.75) is 38.7 Å². The molecule has 1 aromatic heterocycles. The molecule has 1 heterocycles. The minimum atomic E-state index is -3.04. The van der Waals surface area contributed by atoms with Crippen LogP contribution >= 0.6 is 0 Å². The number of nitrogens with one attached hydrogen (secondary N) is 2. The van der Waals surface area contributed by atoms with Crippen LogP contribution in [-0.2, 0) is 17.3 Å². The van der Waals surface area contributed by atoms with Crippen molar-refractivity contribution in [2.75, 3.05) is 24.9 Å². The van der Waals surface area contributed by atoms with Gasteiger partial charge in [-0.25, -0.2) is 13.8 Å². The summed E-state index contributed by atoms with van der Waals surface area (Å²) in [4.78, 5) is 16.0. The molecule has 1 fully saturated rings. The molecule has 0 saturated heterocycles. The second-order valence-corrected chi connectivity index (χ2v) is 6.97. The van der Waals surface area contributed by atoms with E-state index in [-0.39, 0.29) is 41.9 Å². The third-order valence-electron chi connectivity index (χ3n) is 4.90. The first-order valence-electron chi connectivity index (χ1n) is 9.52. The van der Waals surface area contributed by atoms with Gasteiger partial charge in [-0.2, -0.15) is 0 Å². The predicted octanol–water partition coefficient (Wildman–Crippen LogP) is 4.56. The Balaban J connectivity index is 1.85. The maximum absolute atomic E-state index is 14.4. The first kappa shape index (κ1) is 20.8. The molecule has 6 nitrogen and oxygen atoms in total. The van der Waals surface area contributed by atoms with Crippen molar-refractivity contribution >= 4 is 17.4 Å². The molecule has 0 aliphatic heterocycles. The highest BCUT2D eigenvalue weighted by molar-refractivity contribution is 5.93. The van der Waals surface area contributed by atoms with E-state index in [4.69, 9.17) is 9.47 Å². The molecular weight excluding hydrogens is 380 g/mol. The summed E-state index contributed by atoms with van der Waals surface area (Å²) < 4.78 is 39.4. The molecular formula is C21H25F2N3O3. The van der Waals surface area contributed by atoms with Gasteiger partial charge in [0.05, 0.1) is 19.8 Å². The van der Waals surface area contributed by atoms with Crippen molar-refractivity contribution in [2.24, 2.45) is 5.92 Å². The molecule has 156 valence electrons. The summed E-state index contributed by atoms with van der Waals surface area (Å²) >= 11 is 0. The number of aromatic nitrogens is 1. The number of anilines is 2. The fraction of sp³-hybridized carbons (Fsp3) is 0.429. The maximum Gasteiger partial charge on any atom is 0.276 e. The molecule has 1 aliphatic rings. The molecule has 2 N–H and O–H groups in total.